The summed E-state index contributed by atoms with van der Waals surface area (Å²) in [6.45, 7) is 8.86. The second kappa shape index (κ2) is 9.82. The van der Waals surface area contributed by atoms with Crippen molar-refractivity contribution >= 4 is 81.4 Å². The Bertz CT molecular complexity index is 2980. The van der Waals surface area contributed by atoms with Crippen molar-refractivity contribution in [2.75, 3.05) is 0 Å². The minimum Gasteiger partial charge on any atom is -0.309 e. The zero-order valence-corrected chi connectivity index (χ0v) is 27.6. The smallest absolute Gasteiger partial charge is 0.0621 e. The molecule has 0 N–H and O–H groups in total. The van der Waals surface area contributed by atoms with Crippen molar-refractivity contribution in [1.29, 1.82) is 0 Å². The number of aryl methyl sites for hydroxylation is 4. The molecule has 228 valence electrons. The molecule has 0 saturated heterocycles. The van der Waals surface area contributed by atoms with E-state index in [0.29, 0.717) is 0 Å². The highest BCUT2D eigenvalue weighted by atomic mass is 15.0. The second-order valence-corrected chi connectivity index (χ2v) is 13.7. The van der Waals surface area contributed by atoms with E-state index in [2.05, 4.69) is 170 Å². The van der Waals surface area contributed by atoms with Gasteiger partial charge in [0.2, 0.25) is 0 Å². The van der Waals surface area contributed by atoms with Gasteiger partial charge in [0.15, 0.2) is 0 Å². The molecule has 0 aliphatic carbocycles. The molecular weight excluding hydrogens is 581 g/mol. The van der Waals surface area contributed by atoms with Crippen molar-refractivity contribution in [2.24, 2.45) is 0 Å². The van der Waals surface area contributed by atoms with Gasteiger partial charge < -0.3 is 8.97 Å². The zero-order chi connectivity index (χ0) is 32.3. The summed E-state index contributed by atoms with van der Waals surface area (Å²) in [5.41, 5.74) is 12.5. The quantitative estimate of drug-likeness (QED) is 0.174. The van der Waals surface area contributed by atoms with Crippen molar-refractivity contribution in [3.05, 3.63) is 156 Å². The Kier molecular flexibility index (Phi) is 5.58. The van der Waals surface area contributed by atoms with Gasteiger partial charge in [0, 0.05) is 38.0 Å². The third-order valence-corrected chi connectivity index (χ3v) is 10.7. The van der Waals surface area contributed by atoms with Crippen LogP contribution in [0.3, 0.4) is 0 Å². The van der Waals surface area contributed by atoms with Crippen LogP contribution >= 0.6 is 0 Å². The summed E-state index contributed by atoms with van der Waals surface area (Å²) in [4.78, 5) is 0. The number of rotatable bonds is 1. The monoisotopic (exact) mass is 614 g/mol. The summed E-state index contributed by atoms with van der Waals surface area (Å²) in [7, 11) is 0. The lowest BCUT2D eigenvalue weighted by molar-refractivity contribution is 1.19. The van der Waals surface area contributed by atoms with E-state index < -0.39 is 0 Å². The Morgan fingerprint density at radius 1 is 0.333 bits per heavy atom. The third kappa shape index (κ3) is 3.69. The molecule has 0 spiro atoms. The minimum absolute atomic E-state index is 1.18. The molecule has 10 rings (SSSR count). The summed E-state index contributed by atoms with van der Waals surface area (Å²) in [6, 6.07) is 50.3. The van der Waals surface area contributed by atoms with Gasteiger partial charge in [-0.15, -0.1) is 0 Å². The highest BCUT2D eigenvalue weighted by Crippen LogP contribution is 2.42. The summed E-state index contributed by atoms with van der Waals surface area (Å²) in [5.74, 6) is 0. The Morgan fingerprint density at radius 2 is 0.792 bits per heavy atom. The number of benzene rings is 7. The molecule has 2 nitrogen and oxygen atoms in total. The average molecular weight is 615 g/mol. The molecule has 0 atom stereocenters. The van der Waals surface area contributed by atoms with Crippen LogP contribution in [0, 0.1) is 27.7 Å². The molecule has 0 radical (unpaired) electrons. The first-order valence-corrected chi connectivity index (χ1v) is 16.9. The molecule has 10 aromatic rings. The molecule has 2 heteroatoms. The Morgan fingerprint density at radius 3 is 1.40 bits per heavy atom. The fourth-order valence-corrected chi connectivity index (χ4v) is 8.30. The van der Waals surface area contributed by atoms with Crippen LogP contribution in [0.15, 0.2) is 133 Å². The van der Waals surface area contributed by atoms with Gasteiger partial charge in [0.1, 0.15) is 0 Å². The molecule has 0 aliphatic heterocycles. The third-order valence-electron chi connectivity index (χ3n) is 10.7. The van der Waals surface area contributed by atoms with Gasteiger partial charge >= 0.3 is 0 Å². The van der Waals surface area contributed by atoms with Crippen molar-refractivity contribution < 1.29 is 0 Å². The Labute approximate surface area is 278 Å². The maximum Gasteiger partial charge on any atom is 0.0621 e. The topological polar surface area (TPSA) is 9.34 Å². The average Bonchev–Trinajstić information content (AvgIpc) is 3.60. The summed E-state index contributed by atoms with van der Waals surface area (Å²) >= 11 is 0. The van der Waals surface area contributed by atoms with E-state index in [4.69, 9.17) is 0 Å². The number of fused-ring (bicyclic) bond motifs is 13. The number of hydrogen-bond donors (Lipinski definition) is 0. The summed E-state index contributed by atoms with van der Waals surface area (Å²) < 4.78 is 5.03. The van der Waals surface area contributed by atoms with Crippen LogP contribution in [0.4, 0.5) is 0 Å². The van der Waals surface area contributed by atoms with Gasteiger partial charge in [0.05, 0.1) is 27.6 Å². The van der Waals surface area contributed by atoms with Gasteiger partial charge in [-0.3, -0.25) is 0 Å². The number of nitrogens with zero attached hydrogens (tertiary/aromatic N) is 2. The van der Waals surface area contributed by atoms with Crippen LogP contribution in [0.5, 0.6) is 0 Å². The lowest BCUT2D eigenvalue weighted by Gasteiger charge is -2.11. The van der Waals surface area contributed by atoms with Crippen LogP contribution in [0.25, 0.3) is 87.1 Å². The maximum atomic E-state index is 2.54. The highest BCUT2D eigenvalue weighted by Gasteiger charge is 2.20. The van der Waals surface area contributed by atoms with Gasteiger partial charge in [0.25, 0.3) is 0 Å². The normalized spacial score (nSPS) is 12.2. The summed E-state index contributed by atoms with van der Waals surface area (Å²) in [5, 5.41) is 12.6. The molecular formula is C46H34N2. The minimum atomic E-state index is 1.18. The zero-order valence-electron chi connectivity index (χ0n) is 27.6. The van der Waals surface area contributed by atoms with Crippen LogP contribution in [0.1, 0.15) is 22.3 Å². The number of hydrogen-bond acceptors (Lipinski definition) is 0. The maximum absolute atomic E-state index is 2.54. The van der Waals surface area contributed by atoms with Crippen molar-refractivity contribution in [2.45, 2.75) is 27.7 Å². The van der Waals surface area contributed by atoms with Crippen molar-refractivity contribution in [3.8, 4) is 5.69 Å². The largest absolute Gasteiger partial charge is 0.309 e. The standard InChI is InChI=1S/C46H34N2/c1-27-17-19-43-37(21-27)38-22-28(2)18-20-44(38)47(43)31-25-40-35-14-8-6-12-33(35)32-11-5-7-13-34(32)36-15-9-10-16-42(36)48-45-24-30(4)29(3)23-39(45)41(26-31)46(40)48/h5-26H,1-4H3. The molecule has 48 heavy (non-hydrogen) atoms. The first kappa shape index (κ1) is 27.3. The predicted molar refractivity (Wildman–Crippen MR) is 207 cm³/mol. The molecule has 0 bridgehead atoms. The van der Waals surface area contributed by atoms with E-state index in [0.717, 1.165) is 0 Å². The number of para-hydroxylation sites is 1. The van der Waals surface area contributed by atoms with Gasteiger partial charge in [-0.05, 0) is 115 Å². The molecule has 3 aromatic heterocycles. The van der Waals surface area contributed by atoms with E-state index in [1.165, 1.54) is 109 Å². The highest BCUT2D eigenvalue weighted by molar-refractivity contribution is 6.26. The lowest BCUT2D eigenvalue weighted by atomic mass is 9.99. The van der Waals surface area contributed by atoms with Gasteiger partial charge in [-0.25, -0.2) is 0 Å². The molecule has 7 aromatic carbocycles. The van der Waals surface area contributed by atoms with Crippen LogP contribution in [0.2, 0.25) is 0 Å². The van der Waals surface area contributed by atoms with E-state index in [1.54, 1.807) is 0 Å². The summed E-state index contributed by atoms with van der Waals surface area (Å²) in [6.07, 6.45) is 0. The molecule has 0 amide bonds. The SMILES string of the molecule is Cc1ccc2c(c1)c1cc(C)ccc1n2-c1cc2c3ccccc3c3ccccc3c3ccccc3n3c4cc(C)c(C)cc4c(c1)c23. The fourth-order valence-electron chi connectivity index (χ4n) is 8.30. The predicted octanol–water partition coefficient (Wildman–Crippen LogP) is 12.6. The Balaban J connectivity index is 1.55. The first-order valence-electron chi connectivity index (χ1n) is 16.9. The van der Waals surface area contributed by atoms with Crippen LogP contribution in [-0.2, 0) is 0 Å². The van der Waals surface area contributed by atoms with E-state index in [1.807, 2.05) is 0 Å². The Hall–Kier alpha value is -5.86. The van der Waals surface area contributed by atoms with E-state index >= 15 is 0 Å². The van der Waals surface area contributed by atoms with E-state index in [-0.39, 0.29) is 0 Å². The fraction of sp³-hybridized carbons (Fsp3) is 0.0870. The lowest BCUT2D eigenvalue weighted by Crippen LogP contribution is -1.95. The van der Waals surface area contributed by atoms with Crippen molar-refractivity contribution in [3.63, 3.8) is 0 Å². The number of aromatic nitrogens is 2. The van der Waals surface area contributed by atoms with Gasteiger partial charge in [-0.2, -0.15) is 0 Å². The van der Waals surface area contributed by atoms with Crippen molar-refractivity contribution in [1.82, 2.24) is 8.97 Å². The first-order chi connectivity index (χ1) is 23.5. The molecule has 0 fully saturated rings. The molecule has 0 aliphatic rings. The molecule has 0 saturated carbocycles. The molecule has 0 unspecified atom stereocenters. The molecule has 3 heterocycles. The van der Waals surface area contributed by atoms with E-state index in [9.17, 15) is 0 Å². The van der Waals surface area contributed by atoms with Crippen LogP contribution < -0.4 is 0 Å². The second-order valence-electron chi connectivity index (χ2n) is 13.7. The van der Waals surface area contributed by atoms with Crippen LogP contribution in [-0.4, -0.2) is 8.97 Å². The van der Waals surface area contributed by atoms with Gasteiger partial charge in [-0.1, -0.05) is 90.0 Å².